The van der Waals surface area contributed by atoms with Gasteiger partial charge in [0.1, 0.15) is 0 Å². The average molecular weight is 378 g/mol. The second kappa shape index (κ2) is 6.54. The maximum absolute atomic E-state index is 12.8. The molecule has 6 nitrogen and oxygen atoms in total. The summed E-state index contributed by atoms with van der Waals surface area (Å²) in [4.78, 5) is 29.6. The van der Waals surface area contributed by atoms with E-state index in [-0.39, 0.29) is 18.4 Å². The molecule has 2 aromatic rings. The summed E-state index contributed by atoms with van der Waals surface area (Å²) in [7, 11) is 0. The van der Waals surface area contributed by atoms with Gasteiger partial charge >= 0.3 is 6.09 Å². The molecule has 2 amide bonds. The molecular formula is C16H16BrN3O3. The van der Waals surface area contributed by atoms with Gasteiger partial charge in [-0.25, -0.2) is 4.79 Å². The number of amides is 2. The first kappa shape index (κ1) is 15.7. The van der Waals surface area contributed by atoms with Crippen molar-refractivity contribution in [2.24, 2.45) is 11.7 Å². The Bertz CT molecular complexity index is 765. The molecule has 1 aliphatic heterocycles. The molecule has 3 rings (SSSR count). The third kappa shape index (κ3) is 3.44. The third-order valence-corrected chi connectivity index (χ3v) is 4.46. The molecule has 0 aliphatic carbocycles. The number of hydrogen-bond donors (Lipinski definition) is 1. The Morgan fingerprint density at radius 1 is 1.39 bits per heavy atom. The maximum Gasteiger partial charge on any atom is 0.404 e. The van der Waals surface area contributed by atoms with Crippen LogP contribution in [0.25, 0.3) is 10.9 Å². The van der Waals surface area contributed by atoms with E-state index in [1.54, 1.807) is 17.2 Å². The van der Waals surface area contributed by atoms with Crippen LogP contribution in [0.5, 0.6) is 0 Å². The summed E-state index contributed by atoms with van der Waals surface area (Å²) in [5, 5.41) is 0.823. The van der Waals surface area contributed by atoms with Gasteiger partial charge in [-0.1, -0.05) is 15.9 Å². The molecule has 1 aliphatic rings. The lowest BCUT2D eigenvalue weighted by Crippen LogP contribution is -2.30. The van der Waals surface area contributed by atoms with Crippen molar-refractivity contribution in [2.75, 3.05) is 19.7 Å². The van der Waals surface area contributed by atoms with Crippen molar-refractivity contribution in [2.45, 2.75) is 6.42 Å². The second-order valence-electron chi connectivity index (χ2n) is 5.56. The van der Waals surface area contributed by atoms with Crippen LogP contribution < -0.4 is 5.73 Å². The van der Waals surface area contributed by atoms with Gasteiger partial charge < -0.3 is 15.4 Å². The van der Waals surface area contributed by atoms with Gasteiger partial charge in [0, 0.05) is 35.1 Å². The summed E-state index contributed by atoms with van der Waals surface area (Å²) in [5.74, 6) is 0.100. The Morgan fingerprint density at radius 2 is 2.22 bits per heavy atom. The second-order valence-corrected chi connectivity index (χ2v) is 6.47. The highest BCUT2D eigenvalue weighted by Gasteiger charge is 2.28. The van der Waals surface area contributed by atoms with Crippen LogP contribution in [0.15, 0.2) is 34.9 Å². The van der Waals surface area contributed by atoms with Gasteiger partial charge in [0.05, 0.1) is 17.7 Å². The normalized spacial score (nSPS) is 17.4. The van der Waals surface area contributed by atoms with Crippen LogP contribution in [0.3, 0.4) is 0 Å². The van der Waals surface area contributed by atoms with Crippen LogP contribution in [0, 0.1) is 5.92 Å². The number of aromatic nitrogens is 1. The van der Waals surface area contributed by atoms with Gasteiger partial charge in [0.25, 0.3) is 5.91 Å². The van der Waals surface area contributed by atoms with Crippen LogP contribution >= 0.6 is 15.9 Å². The number of rotatable bonds is 3. The van der Waals surface area contributed by atoms with Gasteiger partial charge in [-0.2, -0.15) is 0 Å². The summed E-state index contributed by atoms with van der Waals surface area (Å²) in [6, 6.07) is 7.42. The summed E-state index contributed by atoms with van der Waals surface area (Å²) in [6.07, 6.45) is 1.67. The molecule has 1 saturated heterocycles. The smallest absolute Gasteiger partial charge is 0.404 e. The fourth-order valence-electron chi connectivity index (χ4n) is 2.83. The average Bonchev–Trinajstić information content (AvgIpc) is 3.00. The highest BCUT2D eigenvalue weighted by Crippen LogP contribution is 2.25. The lowest BCUT2D eigenvalue weighted by molar-refractivity contribution is 0.0781. The predicted octanol–water partition coefficient (Wildman–Crippen LogP) is 2.55. The number of fused-ring (bicyclic) bond motifs is 1. The number of nitrogens with zero attached hydrogens (tertiary/aromatic N) is 2. The molecule has 0 bridgehead atoms. The highest BCUT2D eigenvalue weighted by atomic mass is 79.9. The van der Waals surface area contributed by atoms with Crippen LogP contribution in [-0.4, -0.2) is 41.6 Å². The Morgan fingerprint density at radius 3 is 3.00 bits per heavy atom. The van der Waals surface area contributed by atoms with Crippen molar-refractivity contribution < 1.29 is 14.3 Å². The monoisotopic (exact) mass is 377 g/mol. The van der Waals surface area contributed by atoms with Crippen molar-refractivity contribution in [3.8, 4) is 0 Å². The molecule has 0 spiro atoms. The summed E-state index contributed by atoms with van der Waals surface area (Å²) in [6.45, 7) is 1.45. The van der Waals surface area contributed by atoms with E-state index in [2.05, 4.69) is 20.9 Å². The standard InChI is InChI=1S/C16H16BrN3O3/c17-11-1-2-14-13(7-11)12(3-5-19-14)15(21)20-6-4-10(8-20)9-23-16(18)22/h1-3,5,7,10H,4,6,8-9H2,(H2,18,22). The number of pyridine rings is 1. The summed E-state index contributed by atoms with van der Waals surface area (Å²) < 4.78 is 5.73. The van der Waals surface area contributed by atoms with Gasteiger partial charge in [-0.05, 0) is 30.7 Å². The minimum atomic E-state index is -0.778. The first-order chi connectivity index (χ1) is 11.0. The number of carbonyl (C=O) groups is 2. The van der Waals surface area contributed by atoms with Crippen LogP contribution in [0.1, 0.15) is 16.8 Å². The Kier molecular flexibility index (Phi) is 4.47. The van der Waals surface area contributed by atoms with Gasteiger partial charge in [-0.3, -0.25) is 9.78 Å². The molecule has 7 heteroatoms. The topological polar surface area (TPSA) is 85.5 Å². The van der Waals surface area contributed by atoms with Gasteiger partial charge in [-0.15, -0.1) is 0 Å². The summed E-state index contributed by atoms with van der Waals surface area (Å²) in [5.41, 5.74) is 6.40. The molecule has 1 aromatic heterocycles. The summed E-state index contributed by atoms with van der Waals surface area (Å²) >= 11 is 3.43. The minimum absolute atomic E-state index is 0.0305. The van der Waals surface area contributed by atoms with E-state index in [1.807, 2.05) is 18.2 Å². The zero-order valence-electron chi connectivity index (χ0n) is 12.4. The van der Waals surface area contributed by atoms with E-state index in [4.69, 9.17) is 10.5 Å². The lowest BCUT2D eigenvalue weighted by atomic mass is 10.1. The number of halogens is 1. The Balaban J connectivity index is 1.79. The van der Waals surface area contributed by atoms with Gasteiger partial charge in [0.15, 0.2) is 0 Å². The predicted molar refractivity (Wildman–Crippen MR) is 89.0 cm³/mol. The molecule has 23 heavy (non-hydrogen) atoms. The van der Waals surface area contributed by atoms with Crippen molar-refractivity contribution >= 4 is 38.8 Å². The van der Waals surface area contributed by atoms with Crippen LogP contribution in [0.2, 0.25) is 0 Å². The van der Waals surface area contributed by atoms with E-state index in [0.29, 0.717) is 18.7 Å². The molecule has 120 valence electrons. The number of likely N-dealkylation sites (tertiary alicyclic amines) is 1. The number of primary amides is 1. The van der Waals surface area contributed by atoms with E-state index in [1.165, 1.54) is 0 Å². The molecule has 0 saturated carbocycles. The Labute approximate surface area is 141 Å². The number of benzene rings is 1. The lowest BCUT2D eigenvalue weighted by Gasteiger charge is -2.17. The van der Waals surface area contributed by atoms with E-state index in [0.717, 1.165) is 21.8 Å². The molecule has 1 unspecified atom stereocenters. The number of hydrogen-bond acceptors (Lipinski definition) is 4. The van der Waals surface area contributed by atoms with Crippen LogP contribution in [0.4, 0.5) is 4.79 Å². The molecule has 1 aromatic carbocycles. The molecule has 1 atom stereocenters. The number of nitrogens with two attached hydrogens (primary N) is 1. The molecule has 2 heterocycles. The van der Waals surface area contributed by atoms with E-state index >= 15 is 0 Å². The maximum atomic E-state index is 12.8. The molecule has 1 fully saturated rings. The van der Waals surface area contributed by atoms with E-state index in [9.17, 15) is 9.59 Å². The van der Waals surface area contributed by atoms with Crippen LogP contribution in [-0.2, 0) is 4.74 Å². The largest absolute Gasteiger partial charge is 0.449 e. The first-order valence-electron chi connectivity index (χ1n) is 7.30. The third-order valence-electron chi connectivity index (χ3n) is 3.97. The fraction of sp³-hybridized carbons (Fsp3) is 0.312. The Hall–Kier alpha value is -2.15. The van der Waals surface area contributed by atoms with Gasteiger partial charge in [0.2, 0.25) is 0 Å². The van der Waals surface area contributed by atoms with Crippen molar-refractivity contribution in [3.05, 3.63) is 40.5 Å². The van der Waals surface area contributed by atoms with Crippen molar-refractivity contribution in [3.63, 3.8) is 0 Å². The fourth-order valence-corrected chi connectivity index (χ4v) is 3.19. The van der Waals surface area contributed by atoms with E-state index < -0.39 is 6.09 Å². The van der Waals surface area contributed by atoms with Crippen molar-refractivity contribution in [1.29, 1.82) is 0 Å². The first-order valence-corrected chi connectivity index (χ1v) is 8.09. The molecular weight excluding hydrogens is 362 g/mol. The zero-order valence-corrected chi connectivity index (χ0v) is 14.0. The quantitative estimate of drug-likeness (QED) is 0.890. The highest BCUT2D eigenvalue weighted by molar-refractivity contribution is 9.10. The SMILES string of the molecule is NC(=O)OCC1CCN(C(=O)c2ccnc3ccc(Br)cc23)C1. The molecule has 0 radical (unpaired) electrons. The number of ether oxygens (including phenoxy) is 1. The minimum Gasteiger partial charge on any atom is -0.449 e. The van der Waals surface area contributed by atoms with Crippen molar-refractivity contribution in [1.82, 2.24) is 9.88 Å². The zero-order chi connectivity index (χ0) is 16.4. The number of carbonyl (C=O) groups excluding carboxylic acids is 2. The molecule has 2 N–H and O–H groups in total.